The summed E-state index contributed by atoms with van der Waals surface area (Å²) in [4.78, 5) is 76.0. The Labute approximate surface area is 307 Å². The molecule has 53 heavy (non-hydrogen) atoms. The van der Waals surface area contributed by atoms with Crippen molar-refractivity contribution in [2.75, 3.05) is 20.0 Å². The number of benzene rings is 1. The van der Waals surface area contributed by atoms with E-state index in [9.17, 15) is 39.0 Å². The highest BCUT2D eigenvalue weighted by Crippen LogP contribution is 2.32. The molecule has 7 atom stereocenters. The molecular weight excluding hydrogens is 696 g/mol. The minimum atomic E-state index is -1.43. The van der Waals surface area contributed by atoms with Crippen LogP contribution in [0.25, 0.3) is 6.08 Å². The van der Waals surface area contributed by atoms with Crippen LogP contribution in [0.15, 0.2) is 42.0 Å². The normalized spacial score (nSPS) is 23.8. The molecule has 0 radical (unpaired) electrons. The molecule has 290 valence electrons. The molecule has 1 aliphatic carbocycles. The second-order valence-electron chi connectivity index (χ2n) is 14.8. The highest BCUT2D eigenvalue weighted by atomic mass is 16.7. The summed E-state index contributed by atoms with van der Waals surface area (Å²) >= 11 is 0. The molecule has 16 heteroatoms. The second kappa shape index (κ2) is 17.5. The average Bonchev–Trinajstić information content (AvgIpc) is 3.67. The SMILES string of the molecule is C[C@H](O)[C@@H](NC(=O)C1=C[C@H]2OCO[C@H]2[C@H](OC(=O)c2ccc(C=CC(=O)O[C@H]3C(=O)OCC3(C)C)cc2)C1)C(=O)N[C@H](CO)CCC(=O)OC(C)(C)C. The number of aliphatic hydroxyl groups is 2. The molecule has 2 aliphatic heterocycles. The van der Waals surface area contributed by atoms with Crippen molar-refractivity contribution in [1.82, 2.24) is 10.6 Å². The lowest BCUT2D eigenvalue weighted by Crippen LogP contribution is -2.55. The molecule has 1 aromatic rings. The van der Waals surface area contributed by atoms with Gasteiger partial charge < -0.3 is 49.3 Å². The predicted octanol–water partition coefficient (Wildman–Crippen LogP) is 1.26. The molecular formula is C37H48N2O14. The molecule has 2 saturated heterocycles. The van der Waals surface area contributed by atoms with Crippen LogP contribution in [0, 0.1) is 5.41 Å². The van der Waals surface area contributed by atoms with Crippen LogP contribution in [0.2, 0.25) is 0 Å². The number of hydrogen-bond acceptors (Lipinski definition) is 14. The summed E-state index contributed by atoms with van der Waals surface area (Å²) in [7, 11) is 0. The van der Waals surface area contributed by atoms with E-state index in [2.05, 4.69) is 10.6 Å². The van der Waals surface area contributed by atoms with Crippen LogP contribution in [-0.4, -0.2) is 114 Å². The smallest absolute Gasteiger partial charge is 0.348 e. The van der Waals surface area contributed by atoms with Crippen LogP contribution < -0.4 is 10.6 Å². The second-order valence-corrected chi connectivity index (χ2v) is 14.8. The van der Waals surface area contributed by atoms with E-state index in [0.29, 0.717) is 5.56 Å². The van der Waals surface area contributed by atoms with Crippen LogP contribution in [0.5, 0.6) is 0 Å². The van der Waals surface area contributed by atoms with Gasteiger partial charge in [0.15, 0.2) is 0 Å². The molecule has 16 nitrogen and oxygen atoms in total. The molecule has 2 fully saturated rings. The topological polar surface area (TPSA) is 222 Å². The highest BCUT2D eigenvalue weighted by molar-refractivity contribution is 5.98. The first-order chi connectivity index (χ1) is 24.9. The lowest BCUT2D eigenvalue weighted by molar-refractivity contribution is -0.159. The number of carbonyl (C=O) groups is 6. The Hall–Kier alpha value is -4.64. The predicted molar refractivity (Wildman–Crippen MR) is 184 cm³/mol. The van der Waals surface area contributed by atoms with Crippen LogP contribution in [-0.2, 0) is 52.4 Å². The molecule has 0 bridgehead atoms. The van der Waals surface area contributed by atoms with E-state index in [0.717, 1.165) is 6.08 Å². The molecule has 2 amide bonds. The minimum absolute atomic E-state index is 0.0582. The summed E-state index contributed by atoms with van der Waals surface area (Å²) < 4.78 is 32.5. The summed E-state index contributed by atoms with van der Waals surface area (Å²) in [5.41, 5.74) is -0.491. The zero-order valence-corrected chi connectivity index (χ0v) is 30.6. The van der Waals surface area contributed by atoms with Gasteiger partial charge in [0.2, 0.25) is 17.9 Å². The first kappa shape index (κ1) is 41.1. The van der Waals surface area contributed by atoms with Crippen molar-refractivity contribution in [3.8, 4) is 0 Å². The summed E-state index contributed by atoms with van der Waals surface area (Å²) in [6.45, 7) is 9.51. The minimum Gasteiger partial charge on any atom is -0.462 e. The van der Waals surface area contributed by atoms with Gasteiger partial charge in [-0.3, -0.25) is 14.4 Å². The van der Waals surface area contributed by atoms with Crippen molar-refractivity contribution in [3.05, 3.63) is 53.1 Å². The zero-order valence-electron chi connectivity index (χ0n) is 30.6. The Morgan fingerprint density at radius 3 is 2.36 bits per heavy atom. The fraction of sp³-hybridized carbons (Fsp3) is 0.568. The van der Waals surface area contributed by atoms with Gasteiger partial charge in [0.1, 0.15) is 43.4 Å². The lowest BCUT2D eigenvalue weighted by atomic mass is 9.90. The van der Waals surface area contributed by atoms with Crippen molar-refractivity contribution < 1.29 is 67.4 Å². The van der Waals surface area contributed by atoms with Crippen molar-refractivity contribution in [2.45, 2.75) is 109 Å². The van der Waals surface area contributed by atoms with Crippen molar-refractivity contribution in [3.63, 3.8) is 0 Å². The number of amides is 2. The first-order valence-corrected chi connectivity index (χ1v) is 17.3. The fourth-order valence-electron chi connectivity index (χ4n) is 5.74. The maximum absolute atomic E-state index is 13.4. The van der Waals surface area contributed by atoms with Gasteiger partial charge in [-0.15, -0.1) is 0 Å². The maximum Gasteiger partial charge on any atom is 0.348 e. The standard InChI is InChI=1S/C37H48N2O14/c1-20(41)29(33(45)38-24(17-40)12-14-28(43)53-36(2,3)4)39-32(44)23-15-25-30(50-19-49-25)26(16-23)51-34(46)22-10-7-21(8-11-22)9-13-27(42)52-31-35(47)48-18-37(31,5)6/h7-11,13,15,20,24-26,29-31,40-41H,12,14,16-19H2,1-6H3,(H,38,45)(H,39,44)/t20-,24-,25+,26+,29+,30+,31-/m0/s1. The molecule has 1 aromatic carbocycles. The number of cyclic esters (lactones) is 1. The Morgan fingerprint density at radius 2 is 1.75 bits per heavy atom. The van der Waals surface area contributed by atoms with Crippen molar-refractivity contribution >= 4 is 41.8 Å². The third-order valence-corrected chi connectivity index (χ3v) is 8.59. The first-order valence-electron chi connectivity index (χ1n) is 17.3. The number of hydrogen-bond donors (Lipinski definition) is 4. The molecule has 0 saturated carbocycles. The van der Waals surface area contributed by atoms with E-state index in [-0.39, 0.29) is 43.8 Å². The van der Waals surface area contributed by atoms with Gasteiger partial charge in [0, 0.05) is 29.9 Å². The largest absolute Gasteiger partial charge is 0.462 e. The molecule has 2 heterocycles. The Morgan fingerprint density at radius 1 is 1.06 bits per heavy atom. The molecule has 0 spiro atoms. The van der Waals surface area contributed by atoms with Crippen LogP contribution >= 0.6 is 0 Å². The Bertz CT molecular complexity index is 1590. The molecule has 3 aliphatic rings. The van der Waals surface area contributed by atoms with Gasteiger partial charge in [-0.2, -0.15) is 0 Å². The van der Waals surface area contributed by atoms with E-state index in [1.807, 2.05) is 0 Å². The lowest BCUT2D eigenvalue weighted by Gasteiger charge is -2.31. The van der Waals surface area contributed by atoms with E-state index in [1.54, 1.807) is 46.8 Å². The van der Waals surface area contributed by atoms with E-state index >= 15 is 0 Å². The Kier molecular flexibility index (Phi) is 13.5. The monoisotopic (exact) mass is 744 g/mol. The van der Waals surface area contributed by atoms with Gasteiger partial charge >= 0.3 is 23.9 Å². The van der Waals surface area contributed by atoms with Gasteiger partial charge in [0.05, 0.1) is 24.3 Å². The third kappa shape index (κ3) is 11.4. The number of rotatable bonds is 14. The number of carbonyl (C=O) groups excluding carboxylic acids is 6. The number of esters is 4. The number of ether oxygens (including phenoxy) is 6. The highest BCUT2D eigenvalue weighted by Gasteiger charge is 2.46. The maximum atomic E-state index is 13.4. The van der Waals surface area contributed by atoms with Gasteiger partial charge in [-0.25, -0.2) is 14.4 Å². The summed E-state index contributed by atoms with van der Waals surface area (Å²) in [5, 5.41) is 25.2. The average molecular weight is 745 g/mol. The number of fused-ring (bicyclic) bond motifs is 1. The third-order valence-electron chi connectivity index (χ3n) is 8.59. The number of aliphatic hydroxyl groups excluding tert-OH is 2. The van der Waals surface area contributed by atoms with Gasteiger partial charge in [-0.1, -0.05) is 26.0 Å². The molecule has 4 rings (SSSR count). The van der Waals surface area contributed by atoms with Crippen LogP contribution in [0.1, 0.15) is 76.7 Å². The fourth-order valence-corrected chi connectivity index (χ4v) is 5.74. The van der Waals surface area contributed by atoms with E-state index < -0.39 is 95.9 Å². The van der Waals surface area contributed by atoms with E-state index in [1.165, 1.54) is 31.2 Å². The number of nitrogens with one attached hydrogen (secondary N) is 2. The van der Waals surface area contributed by atoms with Gasteiger partial charge in [-0.05, 0) is 64.0 Å². The van der Waals surface area contributed by atoms with Crippen molar-refractivity contribution in [2.24, 2.45) is 5.41 Å². The Balaban J connectivity index is 1.34. The van der Waals surface area contributed by atoms with E-state index in [4.69, 9.17) is 28.4 Å². The van der Waals surface area contributed by atoms with Crippen LogP contribution in [0.4, 0.5) is 0 Å². The zero-order chi connectivity index (χ0) is 39.1. The molecule has 0 unspecified atom stereocenters. The quantitative estimate of drug-likeness (QED) is 0.120. The molecule has 0 aromatic heterocycles. The summed E-state index contributed by atoms with van der Waals surface area (Å²) in [6, 6.07) is 3.84. The van der Waals surface area contributed by atoms with Gasteiger partial charge in [0.25, 0.3) is 0 Å². The van der Waals surface area contributed by atoms with Crippen LogP contribution in [0.3, 0.4) is 0 Å². The summed E-state index contributed by atoms with van der Waals surface area (Å²) in [6.07, 6.45) is -0.746. The molecule has 4 N–H and O–H groups in total. The summed E-state index contributed by atoms with van der Waals surface area (Å²) in [5.74, 6) is -4.06. The van der Waals surface area contributed by atoms with Crippen molar-refractivity contribution in [1.29, 1.82) is 0 Å².